The minimum atomic E-state index is 0.344. The summed E-state index contributed by atoms with van der Waals surface area (Å²) in [6.07, 6.45) is 3.51. The van der Waals surface area contributed by atoms with E-state index >= 15 is 0 Å². The zero-order valence-corrected chi connectivity index (χ0v) is 12.7. The maximum atomic E-state index is 5.65. The summed E-state index contributed by atoms with van der Waals surface area (Å²) < 4.78 is 11.1. The molecule has 0 bridgehead atoms. The van der Waals surface area contributed by atoms with E-state index in [1.54, 1.807) is 14.2 Å². The van der Waals surface area contributed by atoms with Gasteiger partial charge in [0.25, 0.3) is 0 Å². The van der Waals surface area contributed by atoms with E-state index in [4.69, 9.17) is 9.47 Å². The first-order valence-electron chi connectivity index (χ1n) is 7.04. The molecule has 0 saturated carbocycles. The van der Waals surface area contributed by atoms with Crippen molar-refractivity contribution >= 4 is 0 Å². The molecule has 1 aromatic carbocycles. The van der Waals surface area contributed by atoms with Crippen LogP contribution < -0.4 is 14.8 Å². The Morgan fingerprint density at radius 1 is 1.26 bits per heavy atom. The second kappa shape index (κ2) is 5.83. The van der Waals surface area contributed by atoms with Crippen molar-refractivity contribution in [1.29, 1.82) is 0 Å². The normalized spacial score (nSPS) is 22.6. The van der Waals surface area contributed by atoms with Crippen molar-refractivity contribution in [3.05, 3.63) is 22.8 Å². The Labute approximate surface area is 116 Å². The van der Waals surface area contributed by atoms with Gasteiger partial charge in [-0.3, -0.25) is 0 Å². The average Bonchev–Trinajstić information content (AvgIpc) is 2.58. The van der Waals surface area contributed by atoms with Gasteiger partial charge in [0.1, 0.15) is 0 Å². The number of benzene rings is 1. The third kappa shape index (κ3) is 2.57. The molecule has 1 N–H and O–H groups in total. The van der Waals surface area contributed by atoms with E-state index in [1.165, 1.54) is 23.1 Å². The molecule has 1 aromatic rings. The van der Waals surface area contributed by atoms with Gasteiger partial charge in [-0.2, -0.15) is 0 Å². The molecule has 19 heavy (non-hydrogen) atoms. The third-order valence-corrected chi connectivity index (χ3v) is 4.26. The molecule has 2 atom stereocenters. The summed E-state index contributed by atoms with van der Waals surface area (Å²) in [5.41, 5.74) is 4.04. The third-order valence-electron chi connectivity index (χ3n) is 4.26. The van der Waals surface area contributed by atoms with E-state index in [0.717, 1.165) is 30.3 Å². The van der Waals surface area contributed by atoms with Crippen molar-refractivity contribution in [3.8, 4) is 11.5 Å². The van der Waals surface area contributed by atoms with Crippen LogP contribution in [0.15, 0.2) is 6.07 Å². The standard InChI is InChI=1S/C16H25NO2/c1-10-6-7-12-11(2)9-14(18-4)16(19-5)15(12)13(8-10)17-3/h9-10,13,17H,6-8H2,1-5H3. The SMILES string of the molecule is CNC1CC(C)CCc2c(C)cc(OC)c(OC)c21. The van der Waals surface area contributed by atoms with Gasteiger partial charge in [0, 0.05) is 11.6 Å². The lowest BCUT2D eigenvalue weighted by molar-refractivity contribution is 0.343. The monoisotopic (exact) mass is 263 g/mol. The number of hydrogen-bond acceptors (Lipinski definition) is 3. The number of fused-ring (bicyclic) bond motifs is 1. The highest BCUT2D eigenvalue weighted by atomic mass is 16.5. The highest BCUT2D eigenvalue weighted by Gasteiger charge is 2.28. The van der Waals surface area contributed by atoms with Crippen LogP contribution >= 0.6 is 0 Å². The fourth-order valence-corrected chi connectivity index (χ4v) is 3.19. The first kappa shape index (κ1) is 14.2. The first-order valence-corrected chi connectivity index (χ1v) is 7.04. The number of hydrogen-bond donors (Lipinski definition) is 1. The van der Waals surface area contributed by atoms with Crippen molar-refractivity contribution in [3.63, 3.8) is 0 Å². The summed E-state index contributed by atoms with van der Waals surface area (Å²) >= 11 is 0. The molecule has 0 saturated heterocycles. The summed E-state index contributed by atoms with van der Waals surface area (Å²) in [5.74, 6) is 2.46. The van der Waals surface area contributed by atoms with Crippen molar-refractivity contribution in [1.82, 2.24) is 5.32 Å². The van der Waals surface area contributed by atoms with Crippen LogP contribution in [0.3, 0.4) is 0 Å². The van der Waals surface area contributed by atoms with Crippen molar-refractivity contribution in [2.45, 2.75) is 39.2 Å². The van der Waals surface area contributed by atoms with Gasteiger partial charge < -0.3 is 14.8 Å². The van der Waals surface area contributed by atoms with E-state index < -0.39 is 0 Å². The maximum absolute atomic E-state index is 5.65. The molecule has 3 heteroatoms. The highest BCUT2D eigenvalue weighted by Crippen LogP contribution is 2.43. The Bertz CT molecular complexity index is 457. The van der Waals surface area contributed by atoms with Gasteiger partial charge in [0.2, 0.25) is 0 Å². The average molecular weight is 263 g/mol. The molecule has 3 nitrogen and oxygen atoms in total. The van der Waals surface area contributed by atoms with Crippen LogP contribution in [-0.2, 0) is 6.42 Å². The zero-order valence-electron chi connectivity index (χ0n) is 12.7. The van der Waals surface area contributed by atoms with E-state index in [2.05, 4.69) is 25.2 Å². The van der Waals surface area contributed by atoms with Crippen molar-refractivity contribution in [2.75, 3.05) is 21.3 Å². The van der Waals surface area contributed by atoms with E-state index in [1.807, 2.05) is 7.05 Å². The second-order valence-corrected chi connectivity index (χ2v) is 5.54. The first-order chi connectivity index (χ1) is 9.12. The lowest BCUT2D eigenvalue weighted by Crippen LogP contribution is -2.19. The predicted molar refractivity (Wildman–Crippen MR) is 78.2 cm³/mol. The molecule has 0 aromatic heterocycles. The Balaban J connectivity index is 2.63. The zero-order chi connectivity index (χ0) is 14.0. The molecule has 0 spiro atoms. The molecule has 0 heterocycles. The predicted octanol–water partition coefficient (Wildman–Crippen LogP) is 3.25. The van der Waals surface area contributed by atoms with Gasteiger partial charge in [-0.05, 0) is 56.3 Å². The van der Waals surface area contributed by atoms with Gasteiger partial charge in [0.15, 0.2) is 11.5 Å². The van der Waals surface area contributed by atoms with Gasteiger partial charge in [0.05, 0.1) is 14.2 Å². The Morgan fingerprint density at radius 3 is 2.58 bits per heavy atom. The van der Waals surface area contributed by atoms with Crippen LogP contribution in [0.4, 0.5) is 0 Å². The quantitative estimate of drug-likeness (QED) is 0.849. The lowest BCUT2D eigenvalue weighted by Gasteiger charge is -2.24. The minimum absolute atomic E-state index is 0.344. The molecule has 2 rings (SSSR count). The van der Waals surface area contributed by atoms with Crippen LogP contribution in [-0.4, -0.2) is 21.3 Å². The molecule has 0 amide bonds. The Morgan fingerprint density at radius 2 is 2.00 bits per heavy atom. The number of methoxy groups -OCH3 is 2. The largest absolute Gasteiger partial charge is 0.493 e. The van der Waals surface area contributed by atoms with Crippen LogP contribution in [0.5, 0.6) is 11.5 Å². The van der Waals surface area contributed by atoms with Crippen LogP contribution in [0, 0.1) is 12.8 Å². The topological polar surface area (TPSA) is 30.5 Å². The number of aryl methyl sites for hydroxylation is 1. The highest BCUT2D eigenvalue weighted by molar-refractivity contribution is 5.56. The smallest absolute Gasteiger partial charge is 0.165 e. The van der Waals surface area contributed by atoms with E-state index in [-0.39, 0.29) is 0 Å². The maximum Gasteiger partial charge on any atom is 0.165 e. The molecule has 1 aliphatic carbocycles. The molecule has 0 fully saturated rings. The summed E-state index contributed by atoms with van der Waals surface area (Å²) in [6, 6.07) is 2.44. The van der Waals surface area contributed by atoms with E-state index in [9.17, 15) is 0 Å². The van der Waals surface area contributed by atoms with Gasteiger partial charge in [-0.25, -0.2) is 0 Å². The fraction of sp³-hybridized carbons (Fsp3) is 0.625. The molecule has 0 aliphatic heterocycles. The van der Waals surface area contributed by atoms with Crippen molar-refractivity contribution in [2.24, 2.45) is 5.92 Å². The Hall–Kier alpha value is -1.22. The second-order valence-electron chi connectivity index (χ2n) is 5.54. The van der Waals surface area contributed by atoms with E-state index in [0.29, 0.717) is 6.04 Å². The number of ether oxygens (including phenoxy) is 2. The van der Waals surface area contributed by atoms with Gasteiger partial charge in [-0.1, -0.05) is 6.92 Å². The summed E-state index contributed by atoms with van der Waals surface area (Å²) in [6.45, 7) is 4.50. The molecule has 2 unspecified atom stereocenters. The van der Waals surface area contributed by atoms with Crippen LogP contribution in [0.25, 0.3) is 0 Å². The van der Waals surface area contributed by atoms with Gasteiger partial charge in [-0.15, -0.1) is 0 Å². The van der Waals surface area contributed by atoms with Crippen molar-refractivity contribution < 1.29 is 9.47 Å². The molecular weight excluding hydrogens is 238 g/mol. The molecule has 1 aliphatic rings. The Kier molecular flexibility index (Phi) is 4.35. The number of rotatable bonds is 3. The molecule has 0 radical (unpaired) electrons. The fourth-order valence-electron chi connectivity index (χ4n) is 3.19. The molecule has 106 valence electrons. The number of nitrogens with one attached hydrogen (secondary N) is 1. The summed E-state index contributed by atoms with van der Waals surface area (Å²) in [5, 5.41) is 3.45. The van der Waals surface area contributed by atoms with Gasteiger partial charge >= 0.3 is 0 Å². The van der Waals surface area contributed by atoms with Crippen LogP contribution in [0.1, 0.15) is 42.5 Å². The molecular formula is C16H25NO2. The minimum Gasteiger partial charge on any atom is -0.493 e. The lowest BCUT2D eigenvalue weighted by atomic mass is 9.93. The van der Waals surface area contributed by atoms with Crippen LogP contribution in [0.2, 0.25) is 0 Å². The summed E-state index contributed by atoms with van der Waals surface area (Å²) in [4.78, 5) is 0. The summed E-state index contributed by atoms with van der Waals surface area (Å²) in [7, 11) is 5.46.